The number of rotatable bonds is 2. The normalized spacial score (nSPS) is 19.5. The standard InChI is InChI=1S/C17H23Cl3N2O2/c1-16(2,3)13-6-4-5-7-14(13)21-8-9-22(15(23)24)12(11-21)10-17(18,19)20/h4-7,12H,8-11H2,1-3H3,(H,23,24). The number of alkyl halides is 3. The van der Waals surface area contributed by atoms with E-state index in [2.05, 4.69) is 37.8 Å². The quantitative estimate of drug-likeness (QED) is 0.726. The Labute approximate surface area is 158 Å². The number of anilines is 1. The molecular weight excluding hydrogens is 371 g/mol. The topological polar surface area (TPSA) is 43.8 Å². The van der Waals surface area contributed by atoms with E-state index in [9.17, 15) is 9.90 Å². The molecule has 1 aliphatic rings. The largest absolute Gasteiger partial charge is 0.465 e. The lowest BCUT2D eigenvalue weighted by Crippen LogP contribution is -2.56. The fourth-order valence-electron chi connectivity index (χ4n) is 3.15. The van der Waals surface area contributed by atoms with Crippen molar-refractivity contribution in [1.29, 1.82) is 0 Å². The van der Waals surface area contributed by atoms with Crippen molar-refractivity contribution < 1.29 is 9.90 Å². The van der Waals surface area contributed by atoms with Gasteiger partial charge in [0.25, 0.3) is 0 Å². The number of piperazine rings is 1. The van der Waals surface area contributed by atoms with Crippen LogP contribution < -0.4 is 4.90 Å². The summed E-state index contributed by atoms with van der Waals surface area (Å²) in [6, 6.07) is 7.84. The molecule has 0 aromatic heterocycles. The number of carboxylic acid groups (broad SMARTS) is 1. The summed E-state index contributed by atoms with van der Waals surface area (Å²) >= 11 is 17.8. The molecule has 1 saturated heterocycles. The molecule has 1 aliphatic heterocycles. The van der Waals surface area contributed by atoms with Gasteiger partial charge in [-0.05, 0) is 17.0 Å². The summed E-state index contributed by atoms with van der Waals surface area (Å²) in [4.78, 5) is 15.1. The molecule has 1 unspecified atom stereocenters. The Morgan fingerprint density at radius 2 is 1.83 bits per heavy atom. The second kappa shape index (κ2) is 7.19. The SMILES string of the molecule is CC(C)(C)c1ccccc1N1CCN(C(=O)O)C(CC(Cl)(Cl)Cl)C1. The van der Waals surface area contributed by atoms with Crippen molar-refractivity contribution in [3.05, 3.63) is 29.8 Å². The number of hydrogen-bond acceptors (Lipinski definition) is 2. The van der Waals surface area contributed by atoms with Gasteiger partial charge in [-0.3, -0.25) is 0 Å². The van der Waals surface area contributed by atoms with Gasteiger partial charge in [0.05, 0.1) is 6.04 Å². The van der Waals surface area contributed by atoms with Crippen LogP contribution in [0.25, 0.3) is 0 Å². The van der Waals surface area contributed by atoms with E-state index < -0.39 is 9.89 Å². The summed E-state index contributed by atoms with van der Waals surface area (Å²) in [5.41, 5.74) is 2.33. The highest BCUT2D eigenvalue weighted by Gasteiger charge is 2.37. The number of benzene rings is 1. The van der Waals surface area contributed by atoms with Crippen LogP contribution in [0, 0.1) is 0 Å². The summed E-state index contributed by atoms with van der Waals surface area (Å²) in [7, 11) is 0. The first-order valence-electron chi connectivity index (χ1n) is 7.90. The first-order valence-corrected chi connectivity index (χ1v) is 9.03. The molecule has 0 spiro atoms. The van der Waals surface area contributed by atoms with E-state index in [4.69, 9.17) is 34.8 Å². The van der Waals surface area contributed by atoms with Crippen LogP contribution in [0.2, 0.25) is 0 Å². The predicted octanol–water partition coefficient (Wildman–Crippen LogP) is 4.91. The number of carbonyl (C=O) groups is 1. The zero-order valence-electron chi connectivity index (χ0n) is 14.1. The molecule has 7 heteroatoms. The van der Waals surface area contributed by atoms with Gasteiger partial charge in [-0.25, -0.2) is 4.79 Å². The van der Waals surface area contributed by atoms with Crippen LogP contribution in [0.4, 0.5) is 10.5 Å². The molecule has 1 aromatic carbocycles. The number of para-hydroxylation sites is 1. The molecule has 0 saturated carbocycles. The molecule has 1 heterocycles. The van der Waals surface area contributed by atoms with Gasteiger partial charge in [0.1, 0.15) is 0 Å². The minimum Gasteiger partial charge on any atom is -0.465 e. The van der Waals surface area contributed by atoms with Crippen LogP contribution in [-0.4, -0.2) is 45.6 Å². The van der Waals surface area contributed by atoms with Crippen LogP contribution in [0.5, 0.6) is 0 Å². The van der Waals surface area contributed by atoms with Gasteiger partial charge in [-0.1, -0.05) is 73.8 Å². The van der Waals surface area contributed by atoms with Crippen LogP contribution in [0.3, 0.4) is 0 Å². The van der Waals surface area contributed by atoms with Gasteiger partial charge in [0, 0.05) is 31.7 Å². The Bertz CT molecular complexity index is 596. The zero-order valence-corrected chi connectivity index (χ0v) is 16.4. The Balaban J connectivity index is 2.30. The molecule has 1 aromatic rings. The molecule has 0 bridgehead atoms. The monoisotopic (exact) mass is 392 g/mol. The van der Waals surface area contributed by atoms with E-state index in [0.29, 0.717) is 19.6 Å². The average Bonchev–Trinajstić information content (AvgIpc) is 2.44. The summed E-state index contributed by atoms with van der Waals surface area (Å²) in [6.45, 7) is 8.01. The Hall–Kier alpha value is -0.840. The Kier molecular flexibility index (Phi) is 5.83. The average molecular weight is 394 g/mol. The molecule has 0 radical (unpaired) electrons. The predicted molar refractivity (Wildman–Crippen MR) is 101 cm³/mol. The summed E-state index contributed by atoms with van der Waals surface area (Å²) in [5, 5.41) is 9.42. The van der Waals surface area contributed by atoms with Gasteiger partial charge >= 0.3 is 6.09 Å². The highest BCUT2D eigenvalue weighted by molar-refractivity contribution is 6.67. The van der Waals surface area contributed by atoms with Crippen molar-refractivity contribution in [1.82, 2.24) is 4.90 Å². The van der Waals surface area contributed by atoms with Crippen LogP contribution in [0.1, 0.15) is 32.8 Å². The smallest absolute Gasteiger partial charge is 0.407 e. The molecule has 1 fully saturated rings. The molecule has 4 nitrogen and oxygen atoms in total. The lowest BCUT2D eigenvalue weighted by Gasteiger charge is -2.43. The van der Waals surface area contributed by atoms with Crippen molar-refractivity contribution in [2.75, 3.05) is 24.5 Å². The molecule has 1 atom stereocenters. The summed E-state index contributed by atoms with van der Waals surface area (Å²) in [6.07, 6.45) is -0.809. The third-order valence-corrected chi connectivity index (χ3v) is 4.71. The van der Waals surface area contributed by atoms with E-state index in [1.54, 1.807) is 0 Å². The Morgan fingerprint density at radius 1 is 1.21 bits per heavy atom. The maximum Gasteiger partial charge on any atom is 0.407 e. The van der Waals surface area contributed by atoms with Crippen molar-refractivity contribution in [3.63, 3.8) is 0 Å². The first kappa shape index (κ1) is 19.5. The number of amides is 1. The Morgan fingerprint density at radius 3 is 2.38 bits per heavy atom. The van der Waals surface area contributed by atoms with Gasteiger partial charge in [0.2, 0.25) is 0 Å². The van der Waals surface area contributed by atoms with Crippen molar-refractivity contribution in [2.45, 2.75) is 42.4 Å². The second-order valence-corrected chi connectivity index (χ2v) is 9.68. The van der Waals surface area contributed by atoms with E-state index in [0.717, 1.165) is 5.69 Å². The minimum absolute atomic E-state index is 0.00870. The van der Waals surface area contributed by atoms with E-state index in [1.165, 1.54) is 10.5 Å². The molecule has 134 valence electrons. The first-order chi connectivity index (χ1) is 11.0. The lowest BCUT2D eigenvalue weighted by molar-refractivity contribution is 0.115. The van der Waals surface area contributed by atoms with Crippen molar-refractivity contribution in [3.8, 4) is 0 Å². The molecule has 1 N–H and O–H groups in total. The number of nitrogens with zero attached hydrogens (tertiary/aromatic N) is 2. The summed E-state index contributed by atoms with van der Waals surface area (Å²) in [5.74, 6) is 0. The third kappa shape index (κ3) is 4.84. The molecule has 1 amide bonds. The van der Waals surface area contributed by atoms with E-state index >= 15 is 0 Å². The molecule has 24 heavy (non-hydrogen) atoms. The fourth-order valence-corrected chi connectivity index (χ4v) is 3.69. The molecular formula is C17H23Cl3N2O2. The van der Waals surface area contributed by atoms with Gasteiger partial charge < -0.3 is 14.9 Å². The van der Waals surface area contributed by atoms with E-state index in [-0.39, 0.29) is 17.9 Å². The van der Waals surface area contributed by atoms with Crippen LogP contribution in [-0.2, 0) is 5.41 Å². The van der Waals surface area contributed by atoms with Crippen LogP contribution in [0.15, 0.2) is 24.3 Å². The number of halogens is 3. The van der Waals surface area contributed by atoms with Gasteiger partial charge in [0.15, 0.2) is 3.79 Å². The van der Waals surface area contributed by atoms with Gasteiger partial charge in [-0.15, -0.1) is 0 Å². The highest BCUT2D eigenvalue weighted by Crippen LogP contribution is 2.36. The highest BCUT2D eigenvalue weighted by atomic mass is 35.6. The van der Waals surface area contributed by atoms with E-state index in [1.807, 2.05) is 12.1 Å². The van der Waals surface area contributed by atoms with Gasteiger partial charge in [-0.2, -0.15) is 0 Å². The van der Waals surface area contributed by atoms with Crippen molar-refractivity contribution >= 4 is 46.6 Å². The molecule has 2 rings (SSSR count). The van der Waals surface area contributed by atoms with Crippen molar-refractivity contribution in [2.24, 2.45) is 0 Å². The minimum atomic E-state index is -1.48. The fraction of sp³-hybridized carbons (Fsp3) is 0.588. The second-order valence-electron chi connectivity index (χ2n) is 7.16. The number of hydrogen-bond donors (Lipinski definition) is 1. The maximum absolute atomic E-state index is 11.5. The molecule has 0 aliphatic carbocycles. The third-order valence-electron chi connectivity index (χ3n) is 4.25. The summed E-state index contributed by atoms with van der Waals surface area (Å²) < 4.78 is -1.48. The maximum atomic E-state index is 11.5. The lowest BCUT2D eigenvalue weighted by atomic mass is 9.85. The zero-order chi connectivity index (χ0) is 18.1. The van der Waals surface area contributed by atoms with Crippen LogP contribution >= 0.6 is 34.8 Å².